The third kappa shape index (κ3) is 4.98. The Morgan fingerprint density at radius 1 is 1.38 bits per heavy atom. The molecule has 21 heavy (non-hydrogen) atoms. The molecule has 1 rings (SSSR count). The van der Waals surface area contributed by atoms with Crippen molar-refractivity contribution in [1.82, 2.24) is 10.2 Å². The number of nitriles is 1. The van der Waals surface area contributed by atoms with Crippen LogP contribution in [0.3, 0.4) is 0 Å². The van der Waals surface area contributed by atoms with E-state index in [1.807, 2.05) is 13.8 Å². The molecular formula is C16H29N3O2. The Hall–Kier alpha value is -1.12. The number of hydrogen-bond donors (Lipinski definition) is 1. The lowest BCUT2D eigenvalue weighted by Crippen LogP contribution is -2.54. The number of hydrogen-bond acceptors (Lipinski definition) is 4. The first-order chi connectivity index (χ1) is 9.80. The van der Waals surface area contributed by atoms with E-state index in [1.165, 1.54) is 0 Å². The molecule has 0 spiro atoms. The van der Waals surface area contributed by atoms with Crippen LogP contribution in [0.1, 0.15) is 47.5 Å². The molecule has 5 nitrogen and oxygen atoms in total. The molecule has 5 heteroatoms. The summed E-state index contributed by atoms with van der Waals surface area (Å²) in [6.45, 7) is 11.7. The van der Waals surface area contributed by atoms with E-state index in [4.69, 9.17) is 4.74 Å². The Labute approximate surface area is 128 Å². The Bertz CT molecular complexity index is 383. The van der Waals surface area contributed by atoms with Gasteiger partial charge in [-0.05, 0) is 39.5 Å². The van der Waals surface area contributed by atoms with Crippen LogP contribution in [-0.2, 0) is 9.53 Å². The monoisotopic (exact) mass is 295 g/mol. The Morgan fingerprint density at radius 2 is 1.95 bits per heavy atom. The van der Waals surface area contributed by atoms with Crippen LogP contribution >= 0.6 is 0 Å². The van der Waals surface area contributed by atoms with Gasteiger partial charge in [-0.3, -0.25) is 9.69 Å². The van der Waals surface area contributed by atoms with E-state index in [2.05, 4.69) is 30.1 Å². The summed E-state index contributed by atoms with van der Waals surface area (Å²) in [5, 5.41) is 12.2. The minimum atomic E-state index is -0.810. The number of nitrogens with one attached hydrogen (secondary N) is 1. The van der Waals surface area contributed by atoms with Crippen LogP contribution in [0.25, 0.3) is 0 Å². The predicted molar refractivity (Wildman–Crippen MR) is 82.7 cm³/mol. The second kappa shape index (κ2) is 7.77. The molecular weight excluding hydrogens is 266 g/mol. The average Bonchev–Trinajstić information content (AvgIpc) is 2.45. The molecule has 1 aliphatic heterocycles. The highest BCUT2D eigenvalue weighted by atomic mass is 16.5. The molecule has 1 amide bonds. The van der Waals surface area contributed by atoms with Crippen molar-refractivity contribution in [2.45, 2.75) is 65.1 Å². The molecule has 1 heterocycles. The van der Waals surface area contributed by atoms with E-state index in [9.17, 15) is 10.1 Å². The van der Waals surface area contributed by atoms with Crippen molar-refractivity contribution in [3.05, 3.63) is 0 Å². The zero-order valence-electron chi connectivity index (χ0n) is 14.0. The second-order valence-corrected chi connectivity index (χ2v) is 6.63. The molecule has 0 aromatic heterocycles. The first kappa shape index (κ1) is 17.9. The number of nitrogens with zero attached hydrogens (tertiary/aromatic N) is 2. The Morgan fingerprint density at radius 3 is 2.38 bits per heavy atom. The largest absolute Gasteiger partial charge is 0.381 e. The molecule has 0 aliphatic carbocycles. The molecule has 1 saturated heterocycles. The summed E-state index contributed by atoms with van der Waals surface area (Å²) in [6, 6.07) is 2.90. The summed E-state index contributed by atoms with van der Waals surface area (Å²) in [4.78, 5) is 14.6. The van der Waals surface area contributed by atoms with Gasteiger partial charge in [0, 0.05) is 25.3 Å². The van der Waals surface area contributed by atoms with Crippen LogP contribution in [0.15, 0.2) is 0 Å². The summed E-state index contributed by atoms with van der Waals surface area (Å²) in [5.74, 6) is -0.00466. The normalized spacial score (nSPS) is 19.6. The van der Waals surface area contributed by atoms with E-state index in [0.29, 0.717) is 18.6 Å². The van der Waals surface area contributed by atoms with E-state index in [0.717, 1.165) is 26.1 Å². The summed E-state index contributed by atoms with van der Waals surface area (Å²) >= 11 is 0. The topological polar surface area (TPSA) is 65.4 Å². The molecule has 1 atom stereocenters. The molecule has 120 valence electrons. The van der Waals surface area contributed by atoms with Crippen molar-refractivity contribution in [1.29, 1.82) is 5.26 Å². The van der Waals surface area contributed by atoms with E-state index in [-0.39, 0.29) is 11.8 Å². The standard InChI is InChI=1S/C16H29N3O2/c1-12(2)16(5,11-17)18-15(20)10-19(13(3)4)14-6-8-21-9-7-14/h12-14H,6-10H2,1-5H3,(H,18,20). The van der Waals surface area contributed by atoms with Gasteiger partial charge in [0.25, 0.3) is 0 Å². The fourth-order valence-electron chi connectivity index (χ4n) is 2.55. The second-order valence-electron chi connectivity index (χ2n) is 6.63. The fraction of sp³-hybridized carbons (Fsp3) is 0.875. The van der Waals surface area contributed by atoms with Crippen LogP contribution < -0.4 is 5.32 Å². The molecule has 0 aromatic rings. The van der Waals surface area contributed by atoms with E-state index < -0.39 is 5.54 Å². The first-order valence-corrected chi connectivity index (χ1v) is 7.86. The third-order valence-electron chi connectivity index (χ3n) is 4.44. The van der Waals surface area contributed by atoms with Gasteiger partial charge in [-0.25, -0.2) is 0 Å². The first-order valence-electron chi connectivity index (χ1n) is 7.86. The van der Waals surface area contributed by atoms with Crippen molar-refractivity contribution in [2.75, 3.05) is 19.8 Å². The van der Waals surface area contributed by atoms with Crippen LogP contribution in [0, 0.1) is 17.2 Å². The minimum absolute atomic E-state index is 0.0713. The number of rotatable bonds is 6. The van der Waals surface area contributed by atoms with Gasteiger partial charge in [0.05, 0.1) is 12.6 Å². The van der Waals surface area contributed by atoms with Gasteiger partial charge in [-0.1, -0.05) is 13.8 Å². The molecule has 1 aliphatic rings. The lowest BCUT2D eigenvalue weighted by Gasteiger charge is -2.37. The molecule has 0 saturated carbocycles. The molecule has 1 fully saturated rings. The minimum Gasteiger partial charge on any atom is -0.381 e. The van der Waals surface area contributed by atoms with Crippen LogP contribution in [0.4, 0.5) is 0 Å². The van der Waals surface area contributed by atoms with Gasteiger partial charge in [0.15, 0.2) is 0 Å². The third-order valence-corrected chi connectivity index (χ3v) is 4.44. The van der Waals surface area contributed by atoms with E-state index in [1.54, 1.807) is 6.92 Å². The molecule has 0 radical (unpaired) electrons. The van der Waals surface area contributed by atoms with Gasteiger partial charge in [0.1, 0.15) is 5.54 Å². The fourth-order valence-corrected chi connectivity index (χ4v) is 2.55. The molecule has 0 bridgehead atoms. The van der Waals surface area contributed by atoms with Gasteiger partial charge >= 0.3 is 0 Å². The maximum absolute atomic E-state index is 12.3. The summed E-state index contributed by atoms with van der Waals surface area (Å²) in [6.07, 6.45) is 1.93. The maximum atomic E-state index is 12.3. The van der Waals surface area contributed by atoms with Crippen molar-refractivity contribution < 1.29 is 9.53 Å². The van der Waals surface area contributed by atoms with Crippen molar-refractivity contribution in [3.8, 4) is 6.07 Å². The van der Waals surface area contributed by atoms with Gasteiger partial charge < -0.3 is 10.1 Å². The summed E-state index contributed by atoms with van der Waals surface area (Å²) in [7, 11) is 0. The molecule has 1 N–H and O–H groups in total. The molecule has 1 unspecified atom stereocenters. The van der Waals surface area contributed by atoms with Crippen LogP contribution in [0.5, 0.6) is 0 Å². The number of carbonyl (C=O) groups is 1. The lowest BCUT2D eigenvalue weighted by molar-refractivity contribution is -0.125. The van der Waals surface area contributed by atoms with Crippen LogP contribution in [-0.4, -0.2) is 48.2 Å². The highest BCUT2D eigenvalue weighted by Gasteiger charge is 2.32. The van der Waals surface area contributed by atoms with Crippen molar-refractivity contribution >= 4 is 5.91 Å². The Kier molecular flexibility index (Phi) is 6.63. The Balaban J connectivity index is 2.67. The number of amides is 1. The predicted octanol–water partition coefficient (Wildman–Crippen LogP) is 1.93. The molecule has 0 aromatic carbocycles. The highest BCUT2D eigenvalue weighted by Crippen LogP contribution is 2.18. The van der Waals surface area contributed by atoms with Gasteiger partial charge in [-0.15, -0.1) is 0 Å². The number of carbonyl (C=O) groups excluding carboxylic acids is 1. The zero-order chi connectivity index (χ0) is 16.0. The average molecular weight is 295 g/mol. The zero-order valence-corrected chi connectivity index (χ0v) is 14.0. The lowest BCUT2D eigenvalue weighted by atomic mass is 9.90. The number of ether oxygens (including phenoxy) is 1. The summed E-state index contributed by atoms with van der Waals surface area (Å²) < 4.78 is 5.39. The van der Waals surface area contributed by atoms with Crippen LogP contribution in [0.2, 0.25) is 0 Å². The quantitative estimate of drug-likeness (QED) is 0.813. The van der Waals surface area contributed by atoms with Gasteiger partial charge in [0.2, 0.25) is 5.91 Å². The highest BCUT2D eigenvalue weighted by molar-refractivity contribution is 5.79. The SMILES string of the molecule is CC(C)N(CC(=O)NC(C)(C#N)C(C)C)C1CCOCC1. The summed E-state index contributed by atoms with van der Waals surface area (Å²) in [5.41, 5.74) is -0.810. The van der Waals surface area contributed by atoms with Gasteiger partial charge in [-0.2, -0.15) is 5.26 Å². The van der Waals surface area contributed by atoms with Crippen molar-refractivity contribution in [2.24, 2.45) is 5.92 Å². The smallest absolute Gasteiger partial charge is 0.235 e. The maximum Gasteiger partial charge on any atom is 0.235 e. The van der Waals surface area contributed by atoms with E-state index >= 15 is 0 Å². The van der Waals surface area contributed by atoms with Crippen molar-refractivity contribution in [3.63, 3.8) is 0 Å².